The van der Waals surface area contributed by atoms with Crippen LogP contribution in [-0.2, 0) is 0 Å². The van der Waals surface area contributed by atoms with E-state index in [1.165, 1.54) is 0 Å². The standard InChI is InChI=1S/C6H11.2HI.In/c1-5-6(2,3)4;;;/h5H,1-2H2,3-4H3;2*1H;/p-2. The fourth-order valence-electron chi connectivity index (χ4n) is 0. The van der Waals surface area contributed by atoms with Crippen molar-refractivity contribution in [3.05, 3.63) is 19.6 Å². The molecule has 0 aromatic heterocycles. The summed E-state index contributed by atoms with van der Waals surface area (Å²) in [5.41, 5.74) is 0.0556. The van der Waals surface area contributed by atoms with E-state index in [4.69, 9.17) is 0 Å². The summed E-state index contributed by atoms with van der Waals surface area (Å²) in [7, 11) is 0. The quantitative estimate of drug-likeness (QED) is 0.279. The summed E-state index contributed by atoms with van der Waals surface area (Å²) in [4.78, 5) is 0. The Morgan fingerprint density at radius 3 is 1.33 bits per heavy atom. The summed E-state index contributed by atoms with van der Waals surface area (Å²) in [6.07, 6.45) is 1.83. The minimum Gasteiger partial charge on any atom is -1.00 e. The summed E-state index contributed by atoms with van der Waals surface area (Å²) in [5, 5.41) is 0. The molecule has 0 saturated heterocycles. The molecule has 0 fully saturated rings. The molecular formula is C6H11I2In-2. The van der Waals surface area contributed by atoms with E-state index in [2.05, 4.69) is 13.5 Å². The van der Waals surface area contributed by atoms with E-state index in [9.17, 15) is 0 Å². The molecule has 0 aliphatic rings. The molecule has 0 aromatic rings. The maximum absolute atomic E-state index is 3.77. The first-order chi connectivity index (χ1) is 2.56. The van der Waals surface area contributed by atoms with Crippen molar-refractivity contribution in [2.45, 2.75) is 13.8 Å². The van der Waals surface area contributed by atoms with Crippen molar-refractivity contribution in [2.75, 3.05) is 0 Å². The van der Waals surface area contributed by atoms with Gasteiger partial charge in [-0.05, 0) is 12.3 Å². The summed E-state index contributed by atoms with van der Waals surface area (Å²) >= 11 is 0. The van der Waals surface area contributed by atoms with Gasteiger partial charge in [0.1, 0.15) is 0 Å². The molecule has 0 aliphatic heterocycles. The number of hydrogen-bond donors (Lipinski definition) is 0. The van der Waals surface area contributed by atoms with E-state index >= 15 is 0 Å². The van der Waals surface area contributed by atoms with Gasteiger partial charge in [-0.1, -0.05) is 19.9 Å². The van der Waals surface area contributed by atoms with Gasteiger partial charge < -0.3 is 48.0 Å². The smallest absolute Gasteiger partial charge is 0 e. The zero-order valence-corrected chi connectivity index (χ0v) is 13.4. The first-order valence-corrected chi connectivity index (χ1v) is 2.05. The maximum atomic E-state index is 3.77. The van der Waals surface area contributed by atoms with Crippen molar-refractivity contribution < 1.29 is 48.0 Å². The van der Waals surface area contributed by atoms with Crippen LogP contribution < -0.4 is 48.0 Å². The van der Waals surface area contributed by atoms with E-state index in [-0.39, 0.29) is 79.2 Å². The molecule has 0 rings (SSSR count). The monoisotopic (exact) mass is 452 g/mol. The predicted molar refractivity (Wildman–Crippen MR) is 35.1 cm³/mol. The van der Waals surface area contributed by atoms with Gasteiger partial charge in [0.25, 0.3) is 0 Å². The van der Waals surface area contributed by atoms with Crippen LogP contribution >= 0.6 is 0 Å². The molecule has 0 atom stereocenters. The average Bonchev–Trinajstić information content (AvgIpc) is 1.35. The van der Waals surface area contributed by atoms with Gasteiger partial charge in [0.15, 0.2) is 0 Å². The van der Waals surface area contributed by atoms with E-state index in [0.717, 1.165) is 0 Å². The molecule has 4 radical (unpaired) electrons. The van der Waals surface area contributed by atoms with E-state index in [1.807, 2.05) is 19.9 Å². The molecule has 0 N–H and O–H groups in total. The molecule has 0 spiro atoms. The van der Waals surface area contributed by atoms with Gasteiger partial charge in [-0.3, -0.25) is 0 Å². The third-order valence-corrected chi connectivity index (χ3v) is 0.553. The molecule has 0 saturated carbocycles. The Balaban J connectivity index is -0.0000000417. The number of allylic oxidation sites excluding steroid dienone is 1. The molecule has 0 heterocycles. The van der Waals surface area contributed by atoms with Crippen molar-refractivity contribution in [2.24, 2.45) is 5.41 Å². The van der Waals surface area contributed by atoms with Crippen molar-refractivity contribution >= 4 is 25.8 Å². The Labute approximate surface area is 111 Å². The Hall–Kier alpha value is 2.07. The van der Waals surface area contributed by atoms with Crippen LogP contribution in [0.4, 0.5) is 0 Å². The molecule has 0 nitrogen and oxygen atoms in total. The molecule has 3 heteroatoms. The molecule has 9 heavy (non-hydrogen) atoms. The van der Waals surface area contributed by atoms with Gasteiger partial charge >= 0.3 is 0 Å². The molecule has 0 aromatic carbocycles. The van der Waals surface area contributed by atoms with Crippen LogP contribution in [0.2, 0.25) is 0 Å². The second-order valence-corrected chi connectivity index (χ2v) is 2.19. The predicted octanol–water partition coefficient (Wildman–Crippen LogP) is -4.34. The number of rotatable bonds is 1. The van der Waals surface area contributed by atoms with Gasteiger partial charge in [0.05, 0.1) is 0 Å². The molecule has 0 bridgehead atoms. The van der Waals surface area contributed by atoms with Crippen LogP contribution in [0.25, 0.3) is 0 Å². The van der Waals surface area contributed by atoms with Crippen LogP contribution in [0, 0.1) is 12.3 Å². The van der Waals surface area contributed by atoms with Crippen molar-refractivity contribution in [3.8, 4) is 0 Å². The first-order valence-electron chi connectivity index (χ1n) is 2.05. The van der Waals surface area contributed by atoms with Crippen molar-refractivity contribution in [1.82, 2.24) is 0 Å². The topological polar surface area (TPSA) is 0 Å². The van der Waals surface area contributed by atoms with Crippen LogP contribution in [-0.4, -0.2) is 25.8 Å². The Morgan fingerprint density at radius 1 is 1.22 bits per heavy atom. The zero-order valence-electron chi connectivity index (χ0n) is 5.82. The van der Waals surface area contributed by atoms with E-state index in [1.54, 1.807) is 0 Å². The first kappa shape index (κ1) is 22.5. The van der Waals surface area contributed by atoms with E-state index in [0.29, 0.717) is 0 Å². The fourth-order valence-corrected chi connectivity index (χ4v) is 0. The zero-order chi connectivity index (χ0) is 5.21. The van der Waals surface area contributed by atoms with Crippen LogP contribution in [0.15, 0.2) is 12.7 Å². The molecule has 0 unspecified atom stereocenters. The van der Waals surface area contributed by atoms with Gasteiger partial charge in [-0.2, -0.15) is 0 Å². The van der Waals surface area contributed by atoms with Gasteiger partial charge in [0, 0.05) is 25.8 Å². The summed E-state index contributed by atoms with van der Waals surface area (Å²) in [6, 6.07) is 0. The summed E-state index contributed by atoms with van der Waals surface area (Å²) in [5.74, 6) is 0. The minimum absolute atomic E-state index is 0. The fraction of sp³-hybridized carbons (Fsp3) is 0.500. The maximum Gasteiger partial charge on any atom is 0 e. The Bertz CT molecular complexity index is 56.6. The van der Waals surface area contributed by atoms with Gasteiger partial charge in [-0.15, -0.1) is 6.58 Å². The SMILES string of the molecule is [CH2]C(C)(C)C=C.[I-].[I-].[In]. The van der Waals surface area contributed by atoms with Crippen LogP contribution in [0.5, 0.6) is 0 Å². The number of hydrogen-bond acceptors (Lipinski definition) is 0. The Kier molecular flexibility index (Phi) is 25.1. The molecule has 0 aliphatic carbocycles. The summed E-state index contributed by atoms with van der Waals surface area (Å²) in [6.45, 7) is 11.4. The van der Waals surface area contributed by atoms with Gasteiger partial charge in [-0.25, -0.2) is 0 Å². The Morgan fingerprint density at radius 2 is 1.33 bits per heavy atom. The number of halogens is 2. The van der Waals surface area contributed by atoms with Crippen molar-refractivity contribution in [3.63, 3.8) is 0 Å². The molecular weight excluding hydrogens is 441 g/mol. The molecule has 0 amide bonds. The van der Waals surface area contributed by atoms with Crippen LogP contribution in [0.3, 0.4) is 0 Å². The normalized spacial score (nSPS) is 7.44. The minimum atomic E-state index is 0. The third kappa shape index (κ3) is 25.5. The third-order valence-electron chi connectivity index (χ3n) is 0.553. The average molecular weight is 452 g/mol. The second-order valence-electron chi connectivity index (χ2n) is 2.19. The van der Waals surface area contributed by atoms with Crippen molar-refractivity contribution in [1.29, 1.82) is 0 Å². The van der Waals surface area contributed by atoms with Crippen LogP contribution in [0.1, 0.15) is 13.8 Å². The van der Waals surface area contributed by atoms with Gasteiger partial charge in [0.2, 0.25) is 0 Å². The largest absolute Gasteiger partial charge is 1.00 e. The molecule has 54 valence electrons. The van der Waals surface area contributed by atoms with E-state index < -0.39 is 0 Å². The summed E-state index contributed by atoms with van der Waals surface area (Å²) < 4.78 is 0. The second kappa shape index (κ2) is 10.1.